The van der Waals surface area contributed by atoms with E-state index in [2.05, 4.69) is 0 Å². The van der Waals surface area contributed by atoms with Crippen molar-refractivity contribution >= 4 is 21.6 Å². The molecule has 0 aromatic heterocycles. The molecule has 26 heavy (non-hydrogen) atoms. The van der Waals surface area contributed by atoms with E-state index in [1.807, 2.05) is 0 Å². The molecule has 2 aromatic carbocycles. The standard InChI is InChI=1S/C18H22N2O5S/c1-19(2)26(22,23)17-11-9-16(10-12-17)25-13-18(21)20(3)14-5-7-15(24-4)8-6-14/h5-12H,13H2,1-4H3. The molecule has 0 atom stereocenters. The molecule has 0 bridgehead atoms. The van der Waals surface area contributed by atoms with Gasteiger partial charge in [0, 0.05) is 26.8 Å². The molecule has 0 spiro atoms. The second-order valence-electron chi connectivity index (χ2n) is 5.70. The van der Waals surface area contributed by atoms with Crippen LogP contribution in [0.1, 0.15) is 0 Å². The van der Waals surface area contributed by atoms with Crippen LogP contribution in [-0.2, 0) is 14.8 Å². The predicted octanol–water partition coefficient (Wildman–Crippen LogP) is 1.99. The number of nitrogens with zero attached hydrogens (tertiary/aromatic N) is 2. The lowest BCUT2D eigenvalue weighted by molar-refractivity contribution is -0.120. The number of methoxy groups -OCH3 is 1. The Morgan fingerprint density at radius 2 is 1.46 bits per heavy atom. The third-order valence-corrected chi connectivity index (χ3v) is 5.63. The van der Waals surface area contributed by atoms with Gasteiger partial charge in [0.15, 0.2) is 6.61 Å². The maximum absolute atomic E-state index is 12.3. The van der Waals surface area contributed by atoms with E-state index in [0.29, 0.717) is 17.2 Å². The summed E-state index contributed by atoms with van der Waals surface area (Å²) in [5, 5.41) is 0. The number of likely N-dealkylation sites (N-methyl/N-ethyl adjacent to an activating group) is 1. The zero-order chi connectivity index (χ0) is 19.3. The van der Waals surface area contributed by atoms with E-state index < -0.39 is 10.0 Å². The number of anilines is 1. The predicted molar refractivity (Wildman–Crippen MR) is 99.2 cm³/mol. The maximum Gasteiger partial charge on any atom is 0.264 e. The van der Waals surface area contributed by atoms with Crippen molar-refractivity contribution in [2.75, 3.05) is 39.8 Å². The van der Waals surface area contributed by atoms with E-state index in [9.17, 15) is 13.2 Å². The number of hydrogen-bond acceptors (Lipinski definition) is 5. The molecule has 0 fully saturated rings. The average molecular weight is 378 g/mol. The Morgan fingerprint density at radius 1 is 0.923 bits per heavy atom. The molecule has 2 rings (SSSR count). The first kappa shape index (κ1) is 19.7. The number of rotatable bonds is 7. The van der Waals surface area contributed by atoms with Crippen molar-refractivity contribution in [2.24, 2.45) is 0 Å². The zero-order valence-corrected chi connectivity index (χ0v) is 16.0. The number of carbonyl (C=O) groups is 1. The average Bonchev–Trinajstić information content (AvgIpc) is 2.65. The summed E-state index contributed by atoms with van der Waals surface area (Å²) in [6, 6.07) is 13.0. The normalized spacial score (nSPS) is 11.3. The molecule has 0 aliphatic carbocycles. The highest BCUT2D eigenvalue weighted by molar-refractivity contribution is 7.89. The first-order valence-electron chi connectivity index (χ1n) is 7.81. The summed E-state index contributed by atoms with van der Waals surface area (Å²) in [5.41, 5.74) is 0.715. The lowest BCUT2D eigenvalue weighted by Crippen LogP contribution is -2.31. The van der Waals surface area contributed by atoms with Crippen LogP contribution in [-0.4, -0.2) is 53.5 Å². The van der Waals surface area contributed by atoms with Crippen molar-refractivity contribution in [3.8, 4) is 11.5 Å². The van der Waals surface area contributed by atoms with Gasteiger partial charge in [0.2, 0.25) is 10.0 Å². The zero-order valence-electron chi connectivity index (χ0n) is 15.2. The van der Waals surface area contributed by atoms with Crippen molar-refractivity contribution in [1.82, 2.24) is 4.31 Å². The summed E-state index contributed by atoms with van der Waals surface area (Å²) < 4.78 is 35.7. The summed E-state index contributed by atoms with van der Waals surface area (Å²) in [4.78, 5) is 13.9. The van der Waals surface area contributed by atoms with E-state index in [1.54, 1.807) is 38.4 Å². The van der Waals surface area contributed by atoms with Gasteiger partial charge in [0.05, 0.1) is 12.0 Å². The Labute approximate surface area is 153 Å². The van der Waals surface area contributed by atoms with Crippen LogP contribution in [0.5, 0.6) is 11.5 Å². The van der Waals surface area contributed by atoms with Gasteiger partial charge in [-0.05, 0) is 48.5 Å². The number of amides is 1. The number of carbonyl (C=O) groups excluding carboxylic acids is 1. The Hall–Kier alpha value is -2.58. The van der Waals surface area contributed by atoms with Gasteiger partial charge in [-0.2, -0.15) is 0 Å². The highest BCUT2D eigenvalue weighted by Gasteiger charge is 2.17. The maximum atomic E-state index is 12.3. The molecule has 1 amide bonds. The molecule has 8 heteroatoms. The Morgan fingerprint density at radius 3 is 1.96 bits per heavy atom. The summed E-state index contributed by atoms with van der Waals surface area (Å²) in [6.45, 7) is -0.164. The van der Waals surface area contributed by atoms with E-state index >= 15 is 0 Å². The minimum absolute atomic E-state index is 0.163. The van der Waals surface area contributed by atoms with Crippen molar-refractivity contribution < 1.29 is 22.7 Å². The van der Waals surface area contributed by atoms with E-state index in [-0.39, 0.29) is 17.4 Å². The minimum Gasteiger partial charge on any atom is -0.497 e. The van der Waals surface area contributed by atoms with Gasteiger partial charge in [0.25, 0.3) is 5.91 Å². The Kier molecular flexibility index (Phi) is 6.23. The molecule has 0 aliphatic heterocycles. The minimum atomic E-state index is -3.49. The van der Waals surface area contributed by atoms with Crippen LogP contribution in [0.3, 0.4) is 0 Å². The van der Waals surface area contributed by atoms with Crippen LogP contribution in [0.25, 0.3) is 0 Å². The molecule has 2 aromatic rings. The van der Waals surface area contributed by atoms with Crippen molar-refractivity contribution in [2.45, 2.75) is 4.90 Å². The molecule has 0 saturated carbocycles. The van der Waals surface area contributed by atoms with Crippen LogP contribution in [0.2, 0.25) is 0 Å². The smallest absolute Gasteiger partial charge is 0.264 e. The topological polar surface area (TPSA) is 76.1 Å². The lowest BCUT2D eigenvalue weighted by Gasteiger charge is -2.18. The molecule has 7 nitrogen and oxygen atoms in total. The lowest BCUT2D eigenvalue weighted by atomic mass is 10.3. The van der Waals surface area contributed by atoms with Gasteiger partial charge in [0.1, 0.15) is 11.5 Å². The summed E-state index contributed by atoms with van der Waals surface area (Å²) in [5.74, 6) is 0.887. The monoisotopic (exact) mass is 378 g/mol. The molecule has 0 radical (unpaired) electrons. The SMILES string of the molecule is COc1ccc(N(C)C(=O)COc2ccc(S(=O)(=O)N(C)C)cc2)cc1. The molecule has 0 aliphatic rings. The summed E-state index contributed by atoms with van der Waals surface area (Å²) in [6.07, 6.45) is 0. The highest BCUT2D eigenvalue weighted by atomic mass is 32.2. The van der Waals surface area contributed by atoms with Crippen LogP contribution in [0.15, 0.2) is 53.4 Å². The number of hydrogen-bond donors (Lipinski definition) is 0. The van der Waals surface area contributed by atoms with E-state index in [1.165, 1.54) is 43.3 Å². The fourth-order valence-electron chi connectivity index (χ4n) is 2.11. The van der Waals surface area contributed by atoms with Crippen LogP contribution < -0.4 is 14.4 Å². The van der Waals surface area contributed by atoms with Gasteiger partial charge >= 0.3 is 0 Å². The molecular weight excluding hydrogens is 356 g/mol. The van der Waals surface area contributed by atoms with E-state index in [4.69, 9.17) is 9.47 Å². The highest BCUT2D eigenvalue weighted by Crippen LogP contribution is 2.20. The molecule has 0 N–H and O–H groups in total. The van der Waals surface area contributed by atoms with Gasteiger partial charge in [-0.1, -0.05) is 0 Å². The van der Waals surface area contributed by atoms with Crippen LogP contribution in [0.4, 0.5) is 5.69 Å². The first-order chi connectivity index (χ1) is 12.3. The van der Waals surface area contributed by atoms with Gasteiger partial charge in [-0.3, -0.25) is 4.79 Å². The number of ether oxygens (including phenoxy) is 2. The number of benzene rings is 2. The van der Waals surface area contributed by atoms with Crippen LogP contribution in [0, 0.1) is 0 Å². The van der Waals surface area contributed by atoms with Crippen LogP contribution >= 0.6 is 0 Å². The third-order valence-electron chi connectivity index (χ3n) is 3.80. The third kappa shape index (κ3) is 4.53. The van der Waals surface area contributed by atoms with Crippen molar-refractivity contribution in [3.63, 3.8) is 0 Å². The number of sulfonamides is 1. The van der Waals surface area contributed by atoms with E-state index in [0.717, 1.165) is 4.31 Å². The Balaban J connectivity index is 1.98. The second kappa shape index (κ2) is 8.20. The molecular formula is C18H22N2O5S. The first-order valence-corrected chi connectivity index (χ1v) is 9.25. The van der Waals surface area contributed by atoms with Crippen molar-refractivity contribution in [3.05, 3.63) is 48.5 Å². The summed E-state index contributed by atoms with van der Waals surface area (Å²) >= 11 is 0. The van der Waals surface area contributed by atoms with Crippen molar-refractivity contribution in [1.29, 1.82) is 0 Å². The molecule has 140 valence electrons. The van der Waals surface area contributed by atoms with Gasteiger partial charge in [-0.15, -0.1) is 0 Å². The fraction of sp³-hybridized carbons (Fsp3) is 0.278. The molecule has 0 unspecified atom stereocenters. The largest absolute Gasteiger partial charge is 0.497 e. The fourth-order valence-corrected chi connectivity index (χ4v) is 3.01. The quantitative estimate of drug-likeness (QED) is 0.736. The van der Waals surface area contributed by atoms with Gasteiger partial charge < -0.3 is 14.4 Å². The second-order valence-corrected chi connectivity index (χ2v) is 7.85. The summed E-state index contributed by atoms with van der Waals surface area (Å²) in [7, 11) is 2.67. The molecule has 0 heterocycles. The Bertz CT molecular complexity index is 846. The molecule has 0 saturated heterocycles. The van der Waals surface area contributed by atoms with Gasteiger partial charge in [-0.25, -0.2) is 12.7 Å².